The first-order chi connectivity index (χ1) is 11.5. The molecular weight excluding hydrogens is 310 g/mol. The molecule has 24 heavy (non-hydrogen) atoms. The van der Waals surface area contributed by atoms with E-state index in [2.05, 4.69) is 10.6 Å². The fourth-order valence-corrected chi connectivity index (χ4v) is 2.59. The molecule has 0 saturated carbocycles. The van der Waals surface area contributed by atoms with E-state index in [1.165, 1.54) is 5.56 Å². The highest BCUT2D eigenvalue weighted by Gasteiger charge is 2.31. The number of hydrogen-bond donors (Lipinski definition) is 3. The lowest BCUT2D eigenvalue weighted by atomic mass is 10.1. The van der Waals surface area contributed by atoms with Crippen LogP contribution in [0.15, 0.2) is 18.2 Å². The van der Waals surface area contributed by atoms with Gasteiger partial charge >= 0.3 is 6.03 Å². The number of urea groups is 1. The number of nitrogens with one attached hydrogen (secondary N) is 2. The molecule has 0 aromatic heterocycles. The topological polar surface area (TPSA) is 90.9 Å². The molecule has 3 N–H and O–H groups in total. The fraction of sp³-hybridized carbons (Fsp3) is 0.529. The zero-order valence-electron chi connectivity index (χ0n) is 14.2. The van der Waals surface area contributed by atoms with E-state index >= 15 is 0 Å². The van der Waals surface area contributed by atoms with Crippen LogP contribution < -0.4 is 15.5 Å². The molecule has 0 unspecified atom stereocenters. The molecule has 0 spiro atoms. The summed E-state index contributed by atoms with van der Waals surface area (Å²) in [5.41, 5.74) is 3.19. The summed E-state index contributed by atoms with van der Waals surface area (Å²) in [5.74, 6) is 0.00910. The van der Waals surface area contributed by atoms with Gasteiger partial charge in [-0.05, 0) is 37.1 Å². The maximum absolute atomic E-state index is 12.2. The van der Waals surface area contributed by atoms with Crippen LogP contribution in [0, 0.1) is 13.8 Å². The second-order valence-corrected chi connectivity index (χ2v) is 5.91. The van der Waals surface area contributed by atoms with Crippen LogP contribution in [-0.4, -0.2) is 56.0 Å². The van der Waals surface area contributed by atoms with Gasteiger partial charge in [-0.3, -0.25) is 4.79 Å². The monoisotopic (exact) mass is 335 g/mol. The molecule has 1 saturated heterocycles. The zero-order chi connectivity index (χ0) is 17.5. The quantitative estimate of drug-likeness (QED) is 0.640. The lowest BCUT2D eigenvalue weighted by molar-refractivity contribution is -0.117. The number of nitrogens with zero attached hydrogens (tertiary/aromatic N) is 1. The maximum Gasteiger partial charge on any atom is 0.315 e. The van der Waals surface area contributed by atoms with Crippen LogP contribution in [0.4, 0.5) is 10.5 Å². The Kier molecular flexibility index (Phi) is 6.57. The number of hydrogen-bond acceptors (Lipinski definition) is 4. The average molecular weight is 335 g/mol. The van der Waals surface area contributed by atoms with Crippen molar-refractivity contribution < 1.29 is 19.4 Å². The summed E-state index contributed by atoms with van der Waals surface area (Å²) in [5, 5.41) is 14.1. The lowest BCUT2D eigenvalue weighted by Crippen LogP contribution is -2.44. The molecule has 1 aliphatic heterocycles. The van der Waals surface area contributed by atoms with Gasteiger partial charge < -0.3 is 25.4 Å². The molecule has 1 aromatic carbocycles. The minimum atomic E-state index is -0.317. The summed E-state index contributed by atoms with van der Waals surface area (Å²) in [4.78, 5) is 25.7. The van der Waals surface area contributed by atoms with Gasteiger partial charge in [0.2, 0.25) is 5.91 Å². The van der Waals surface area contributed by atoms with Crippen molar-refractivity contribution >= 4 is 17.6 Å². The molecule has 3 amide bonds. The predicted molar refractivity (Wildman–Crippen MR) is 91.1 cm³/mol. The molecule has 1 aromatic rings. The van der Waals surface area contributed by atoms with Gasteiger partial charge in [-0.15, -0.1) is 0 Å². The second kappa shape index (κ2) is 8.65. The molecule has 0 bridgehead atoms. The van der Waals surface area contributed by atoms with Crippen LogP contribution in [0.5, 0.6) is 0 Å². The van der Waals surface area contributed by atoms with Crippen molar-refractivity contribution in [3.05, 3.63) is 29.3 Å². The Labute approximate surface area is 142 Å². The van der Waals surface area contributed by atoms with Gasteiger partial charge in [0.1, 0.15) is 0 Å². The number of carbonyl (C=O) groups is 2. The number of aliphatic hydroxyl groups excluding tert-OH is 1. The number of carbonyl (C=O) groups excluding carboxylic acids is 2. The third-order valence-corrected chi connectivity index (χ3v) is 4.03. The molecule has 0 radical (unpaired) electrons. The Morgan fingerprint density at radius 2 is 2.12 bits per heavy atom. The predicted octanol–water partition coefficient (Wildman–Crippen LogP) is 0.717. The van der Waals surface area contributed by atoms with Crippen LogP contribution in [0.2, 0.25) is 0 Å². The van der Waals surface area contributed by atoms with Gasteiger partial charge in [-0.2, -0.15) is 0 Å². The standard InChI is InChI=1S/C17H25N3O4/c1-12-3-4-15(9-13(12)2)20-11-14(10-16(20)22)19-17(23)18-5-7-24-8-6-21/h3-4,9,14,21H,5-8,10-11H2,1-2H3,(H2,18,19,23)/t14-/m1/s1. The van der Waals surface area contributed by atoms with Crippen LogP contribution in [0.1, 0.15) is 17.5 Å². The van der Waals surface area contributed by atoms with Crippen molar-refractivity contribution in [1.82, 2.24) is 10.6 Å². The van der Waals surface area contributed by atoms with Crippen molar-refractivity contribution in [3.8, 4) is 0 Å². The van der Waals surface area contributed by atoms with E-state index in [1.54, 1.807) is 4.90 Å². The van der Waals surface area contributed by atoms with Crippen LogP contribution in [0.3, 0.4) is 0 Å². The maximum atomic E-state index is 12.2. The average Bonchev–Trinajstić information content (AvgIpc) is 2.90. The van der Waals surface area contributed by atoms with E-state index < -0.39 is 0 Å². The Morgan fingerprint density at radius 3 is 2.83 bits per heavy atom. The number of aliphatic hydroxyl groups is 1. The van der Waals surface area contributed by atoms with E-state index in [0.29, 0.717) is 26.1 Å². The van der Waals surface area contributed by atoms with Crippen LogP contribution >= 0.6 is 0 Å². The number of amides is 3. The number of aryl methyl sites for hydroxylation is 2. The van der Waals surface area contributed by atoms with E-state index in [0.717, 1.165) is 11.3 Å². The number of anilines is 1. The van der Waals surface area contributed by atoms with Gasteiger partial charge in [0.15, 0.2) is 0 Å². The fourth-order valence-electron chi connectivity index (χ4n) is 2.59. The Hall–Kier alpha value is -2.12. The first kappa shape index (κ1) is 18.2. The van der Waals surface area contributed by atoms with E-state index in [4.69, 9.17) is 9.84 Å². The van der Waals surface area contributed by atoms with Crippen molar-refractivity contribution in [2.45, 2.75) is 26.3 Å². The summed E-state index contributed by atoms with van der Waals surface area (Å²) in [7, 11) is 0. The normalized spacial score (nSPS) is 17.2. The molecule has 132 valence electrons. The largest absolute Gasteiger partial charge is 0.394 e. The molecule has 7 heteroatoms. The first-order valence-corrected chi connectivity index (χ1v) is 8.12. The molecule has 1 atom stereocenters. The van der Waals surface area contributed by atoms with Crippen molar-refractivity contribution in [2.75, 3.05) is 37.8 Å². The van der Waals surface area contributed by atoms with Crippen molar-refractivity contribution in [3.63, 3.8) is 0 Å². The molecule has 0 aliphatic carbocycles. The summed E-state index contributed by atoms with van der Waals surface area (Å²) in [6.45, 7) is 5.43. The van der Waals surface area contributed by atoms with E-state index in [9.17, 15) is 9.59 Å². The van der Waals surface area contributed by atoms with Gasteiger partial charge in [0, 0.05) is 25.2 Å². The Morgan fingerprint density at radius 1 is 1.33 bits per heavy atom. The third kappa shape index (κ3) is 4.94. The highest BCUT2D eigenvalue weighted by molar-refractivity contribution is 5.96. The SMILES string of the molecule is Cc1ccc(N2C[C@H](NC(=O)NCCOCCO)CC2=O)cc1C. The van der Waals surface area contributed by atoms with E-state index in [-0.39, 0.29) is 31.2 Å². The van der Waals surface area contributed by atoms with E-state index in [1.807, 2.05) is 32.0 Å². The number of rotatable bonds is 7. The minimum absolute atomic E-state index is 0.00910. The minimum Gasteiger partial charge on any atom is -0.394 e. The third-order valence-electron chi connectivity index (χ3n) is 4.03. The molecule has 1 heterocycles. The Bertz CT molecular complexity index is 591. The summed E-state index contributed by atoms with van der Waals surface area (Å²) in [6.07, 6.45) is 0.293. The van der Waals surface area contributed by atoms with Crippen molar-refractivity contribution in [2.24, 2.45) is 0 Å². The van der Waals surface area contributed by atoms with Crippen LogP contribution in [0.25, 0.3) is 0 Å². The summed E-state index contributed by atoms with van der Waals surface area (Å²) >= 11 is 0. The van der Waals surface area contributed by atoms with Gasteiger partial charge in [0.25, 0.3) is 0 Å². The smallest absolute Gasteiger partial charge is 0.315 e. The van der Waals surface area contributed by atoms with Gasteiger partial charge in [0.05, 0.1) is 25.9 Å². The lowest BCUT2D eigenvalue weighted by Gasteiger charge is -2.18. The molecule has 1 aliphatic rings. The van der Waals surface area contributed by atoms with Gasteiger partial charge in [-0.25, -0.2) is 4.79 Å². The zero-order valence-corrected chi connectivity index (χ0v) is 14.2. The number of benzene rings is 1. The highest BCUT2D eigenvalue weighted by Crippen LogP contribution is 2.23. The van der Waals surface area contributed by atoms with Crippen LogP contribution in [-0.2, 0) is 9.53 Å². The molecular formula is C17H25N3O4. The highest BCUT2D eigenvalue weighted by atomic mass is 16.5. The first-order valence-electron chi connectivity index (χ1n) is 8.12. The van der Waals surface area contributed by atoms with Gasteiger partial charge in [-0.1, -0.05) is 6.07 Å². The summed E-state index contributed by atoms with van der Waals surface area (Å²) in [6, 6.07) is 5.40. The molecule has 2 rings (SSSR count). The number of ether oxygens (including phenoxy) is 1. The van der Waals surface area contributed by atoms with Crippen molar-refractivity contribution in [1.29, 1.82) is 0 Å². The second-order valence-electron chi connectivity index (χ2n) is 5.91. The molecule has 1 fully saturated rings. The Balaban J connectivity index is 1.81. The summed E-state index contributed by atoms with van der Waals surface area (Å²) < 4.78 is 5.06. The molecule has 7 nitrogen and oxygen atoms in total.